The Morgan fingerprint density at radius 2 is 1.84 bits per heavy atom. The smallest absolute Gasteiger partial charge is 0.417 e. The van der Waals surface area contributed by atoms with Gasteiger partial charge in [-0.15, -0.1) is 0 Å². The van der Waals surface area contributed by atoms with Crippen molar-refractivity contribution in [1.82, 2.24) is 29.4 Å². The minimum atomic E-state index is -4.52. The Bertz CT molecular complexity index is 2200. The number of nitrogens with one attached hydrogen (secondary N) is 2. The predicted octanol–water partition coefficient (Wildman–Crippen LogP) is 8.81. The third kappa shape index (κ3) is 7.52. The number of aromatic nitrogens is 5. The van der Waals surface area contributed by atoms with Crippen molar-refractivity contribution < 1.29 is 32.1 Å². The van der Waals surface area contributed by atoms with Crippen LogP contribution in [0, 0.1) is 11.8 Å². The minimum absolute atomic E-state index is 0.0303. The fourth-order valence-electron chi connectivity index (χ4n) is 9.08. The first-order valence-corrected chi connectivity index (χ1v) is 19.7. The van der Waals surface area contributed by atoms with Gasteiger partial charge in [0, 0.05) is 55.3 Å². The van der Waals surface area contributed by atoms with Crippen LogP contribution in [0.25, 0.3) is 22.1 Å². The first-order valence-electron chi connectivity index (χ1n) is 19.3. The van der Waals surface area contributed by atoms with Gasteiger partial charge in [0.25, 0.3) is 0 Å². The van der Waals surface area contributed by atoms with E-state index in [-0.39, 0.29) is 29.2 Å². The van der Waals surface area contributed by atoms with Crippen molar-refractivity contribution in [3.8, 4) is 11.5 Å². The van der Waals surface area contributed by atoms with Gasteiger partial charge in [0.1, 0.15) is 41.2 Å². The Morgan fingerprint density at radius 3 is 2.57 bits per heavy atom. The summed E-state index contributed by atoms with van der Waals surface area (Å²) in [6.45, 7) is 9.91. The molecule has 0 radical (unpaired) electrons. The molecule has 3 aliphatic rings. The van der Waals surface area contributed by atoms with E-state index in [9.17, 15) is 13.2 Å². The number of aromatic amines is 1. The van der Waals surface area contributed by atoms with E-state index in [0.29, 0.717) is 47.8 Å². The highest BCUT2D eigenvalue weighted by atomic mass is 35.5. The Morgan fingerprint density at radius 1 is 1.05 bits per heavy atom. The number of fused-ring (bicyclic) bond motifs is 3. The molecule has 2 N–H and O–H groups in total. The van der Waals surface area contributed by atoms with E-state index in [0.717, 1.165) is 72.2 Å². The highest BCUT2D eigenvalue weighted by molar-refractivity contribution is 6.32. The van der Waals surface area contributed by atoms with Gasteiger partial charge in [-0.3, -0.25) is 4.90 Å². The summed E-state index contributed by atoms with van der Waals surface area (Å²) in [6.07, 6.45) is 3.58. The molecule has 8 rings (SSSR count). The van der Waals surface area contributed by atoms with Gasteiger partial charge >= 0.3 is 6.18 Å². The van der Waals surface area contributed by atoms with E-state index < -0.39 is 17.5 Å². The topological polar surface area (TPSA) is 112 Å². The van der Waals surface area contributed by atoms with Crippen LogP contribution in [0.5, 0.6) is 11.5 Å². The number of imidazole rings is 1. The molecule has 3 aromatic heterocycles. The number of rotatable bonds is 13. The number of benzene rings is 2. The normalized spacial score (nSPS) is 24.6. The molecule has 0 spiro atoms. The number of methoxy groups -OCH3 is 2. The number of anilines is 1. The van der Waals surface area contributed by atoms with Crippen molar-refractivity contribution >= 4 is 39.5 Å². The zero-order chi connectivity index (χ0) is 39.5. The molecule has 15 heteroatoms. The maximum absolute atomic E-state index is 13.4. The molecular weight excluding hydrogens is 747 g/mol. The van der Waals surface area contributed by atoms with Crippen LogP contribution >= 0.6 is 11.6 Å². The third-order valence-corrected chi connectivity index (χ3v) is 12.2. The van der Waals surface area contributed by atoms with Crippen LogP contribution in [-0.4, -0.2) is 80.2 Å². The number of nitrogens with zero attached hydrogens (tertiary/aromatic N) is 5. The fourth-order valence-corrected chi connectivity index (χ4v) is 9.35. The number of hydrogen-bond donors (Lipinski definition) is 2. The Balaban J connectivity index is 0.932. The highest BCUT2D eigenvalue weighted by Crippen LogP contribution is 2.49. The molecule has 0 unspecified atom stereocenters. The number of alkyl halides is 3. The quantitative estimate of drug-likeness (QED) is 0.121. The monoisotopic (exact) mass is 795 g/mol. The van der Waals surface area contributed by atoms with Crippen LogP contribution in [0.15, 0.2) is 48.9 Å². The van der Waals surface area contributed by atoms with Crippen molar-refractivity contribution in [2.75, 3.05) is 26.1 Å². The summed E-state index contributed by atoms with van der Waals surface area (Å²) >= 11 is 5.93. The van der Waals surface area contributed by atoms with E-state index in [1.165, 1.54) is 6.07 Å². The molecule has 300 valence electrons. The Kier molecular flexibility index (Phi) is 10.4. The van der Waals surface area contributed by atoms with Crippen molar-refractivity contribution in [2.24, 2.45) is 11.8 Å². The van der Waals surface area contributed by atoms with Crippen molar-refractivity contribution in [1.29, 1.82) is 0 Å². The van der Waals surface area contributed by atoms with Gasteiger partial charge < -0.3 is 33.8 Å². The first-order chi connectivity index (χ1) is 26.7. The lowest BCUT2D eigenvalue weighted by Crippen LogP contribution is -2.51. The van der Waals surface area contributed by atoms with Gasteiger partial charge in [-0.05, 0) is 89.6 Å². The van der Waals surface area contributed by atoms with Crippen LogP contribution in [0.2, 0.25) is 5.02 Å². The van der Waals surface area contributed by atoms with Crippen LogP contribution in [-0.2, 0) is 28.6 Å². The Labute approximate surface area is 329 Å². The van der Waals surface area contributed by atoms with Gasteiger partial charge in [0.2, 0.25) is 0 Å². The SMILES string of the molecule is COc1ccc(CNc2ncnc3c2ccn3[C@@H]2C[C@H](CN(C(C)C)C3CC(CCc4nc5cc(Cl)c(C(F)(F)F)cc5[nH]4)C3)[C@H]3OC(C)(C)O[C@H]32)c(OC)c1. The van der Waals surface area contributed by atoms with E-state index in [1.54, 1.807) is 20.5 Å². The Hall–Kier alpha value is -4.11. The molecule has 2 aliphatic carbocycles. The largest absolute Gasteiger partial charge is 0.497 e. The molecule has 56 heavy (non-hydrogen) atoms. The molecule has 2 saturated carbocycles. The molecule has 2 aromatic carbocycles. The van der Waals surface area contributed by atoms with Crippen LogP contribution in [0.3, 0.4) is 0 Å². The number of aryl methyl sites for hydroxylation is 1. The number of ether oxygens (including phenoxy) is 4. The molecule has 4 atom stereocenters. The molecule has 3 fully saturated rings. The van der Waals surface area contributed by atoms with E-state index in [4.69, 9.17) is 35.5 Å². The zero-order valence-corrected chi connectivity index (χ0v) is 33.2. The molecule has 5 aromatic rings. The maximum atomic E-state index is 13.4. The van der Waals surface area contributed by atoms with Crippen molar-refractivity contribution in [3.63, 3.8) is 0 Å². The summed E-state index contributed by atoms with van der Waals surface area (Å²) < 4.78 is 66.6. The highest BCUT2D eigenvalue weighted by Gasteiger charge is 2.55. The lowest BCUT2D eigenvalue weighted by Gasteiger charge is -2.46. The molecule has 0 bridgehead atoms. The van der Waals surface area contributed by atoms with Crippen molar-refractivity contribution in [2.45, 2.75) is 109 Å². The average molecular weight is 796 g/mol. The van der Waals surface area contributed by atoms with Crippen molar-refractivity contribution in [3.05, 3.63) is 70.9 Å². The second kappa shape index (κ2) is 15.0. The molecular formula is C41H49ClF3N7O4. The number of hydrogen-bond acceptors (Lipinski definition) is 9. The lowest BCUT2D eigenvalue weighted by molar-refractivity contribution is -0.161. The molecule has 1 aliphatic heterocycles. The second-order valence-corrected chi connectivity index (χ2v) is 16.6. The molecule has 4 heterocycles. The first kappa shape index (κ1) is 38.7. The summed E-state index contributed by atoms with van der Waals surface area (Å²) in [5, 5.41) is 4.09. The van der Waals surface area contributed by atoms with Gasteiger partial charge in [0.05, 0.1) is 53.4 Å². The fraction of sp³-hybridized carbons (Fsp3) is 0.537. The van der Waals surface area contributed by atoms with Gasteiger partial charge in [0.15, 0.2) is 5.79 Å². The standard InChI is InChI=1S/C41H49ClF3N7O4/c1-22(2)52(26-13-23(14-26)7-10-35-49-31-17-29(41(43,44)45)30(42)18-32(31)50-35)20-25-15-33(37-36(25)55-40(3,4)56-37)51-12-11-28-38(47-21-48-39(28)51)46-19-24-8-9-27(53-5)16-34(24)54-6/h8-9,11-12,16-18,21-23,25-26,33,36-37H,7,10,13-15,19-20H2,1-6H3,(H,49,50)(H,46,47,48)/t23?,25-,26?,33-,36-,37+/m1/s1. The average Bonchev–Trinajstić information content (AvgIpc) is 3.89. The van der Waals surface area contributed by atoms with E-state index >= 15 is 0 Å². The molecule has 1 saturated heterocycles. The summed E-state index contributed by atoms with van der Waals surface area (Å²) in [5.41, 5.74) is 1.78. The van der Waals surface area contributed by atoms with Gasteiger partial charge in [-0.2, -0.15) is 13.2 Å². The summed E-state index contributed by atoms with van der Waals surface area (Å²) in [4.78, 5) is 19.6. The summed E-state index contributed by atoms with van der Waals surface area (Å²) in [6, 6.07) is 11.0. The molecule has 0 amide bonds. The van der Waals surface area contributed by atoms with E-state index in [2.05, 4.69) is 55.8 Å². The van der Waals surface area contributed by atoms with Crippen LogP contribution in [0.4, 0.5) is 19.0 Å². The number of halogens is 4. The van der Waals surface area contributed by atoms with Crippen LogP contribution < -0.4 is 14.8 Å². The predicted molar refractivity (Wildman–Crippen MR) is 208 cm³/mol. The minimum Gasteiger partial charge on any atom is -0.497 e. The summed E-state index contributed by atoms with van der Waals surface area (Å²) in [5.74, 6) is 2.96. The van der Waals surface area contributed by atoms with Gasteiger partial charge in [-0.1, -0.05) is 11.6 Å². The maximum Gasteiger partial charge on any atom is 0.417 e. The third-order valence-electron chi connectivity index (χ3n) is 11.9. The van der Waals surface area contributed by atoms with E-state index in [1.807, 2.05) is 32.0 Å². The van der Waals surface area contributed by atoms with Gasteiger partial charge in [-0.25, -0.2) is 15.0 Å². The number of H-pyrrole nitrogens is 1. The lowest BCUT2D eigenvalue weighted by atomic mass is 9.76. The summed E-state index contributed by atoms with van der Waals surface area (Å²) in [7, 11) is 3.28. The zero-order valence-electron chi connectivity index (χ0n) is 32.5. The van der Waals surface area contributed by atoms with Crippen LogP contribution in [0.1, 0.15) is 76.4 Å². The second-order valence-electron chi connectivity index (χ2n) is 16.2. The molecule has 11 nitrogen and oxygen atoms in total.